The van der Waals surface area contributed by atoms with E-state index in [0.717, 1.165) is 15.8 Å². The number of carbonyl (C=O) groups is 1. The van der Waals surface area contributed by atoms with E-state index in [1.165, 1.54) is 18.0 Å². The Morgan fingerprint density at radius 3 is 2.55 bits per heavy atom. The predicted molar refractivity (Wildman–Crippen MR) is 116 cm³/mol. The third-order valence-corrected chi connectivity index (χ3v) is 4.81. The third-order valence-electron chi connectivity index (χ3n) is 4.81. The molecule has 0 atom stereocenters. The van der Waals surface area contributed by atoms with Gasteiger partial charge in [0.2, 0.25) is 5.91 Å². The Kier molecular flexibility index (Phi) is 5.40. The number of ether oxygens (including phenoxy) is 2. The summed E-state index contributed by atoms with van der Waals surface area (Å²) in [6.07, 6.45) is 1.41. The van der Waals surface area contributed by atoms with Gasteiger partial charge in [-0.2, -0.15) is 10.2 Å². The number of hydrogen-bond donors (Lipinski definition) is 1. The molecule has 0 aliphatic rings. The van der Waals surface area contributed by atoms with Crippen LogP contribution in [0.15, 0.2) is 59.7 Å². The highest BCUT2D eigenvalue weighted by Gasteiger charge is 2.14. The largest absolute Gasteiger partial charge is 0.497 e. The van der Waals surface area contributed by atoms with E-state index >= 15 is 0 Å². The molecule has 1 amide bonds. The maximum Gasteiger partial charge on any atom is 0.293 e. The zero-order chi connectivity index (χ0) is 22.0. The second kappa shape index (κ2) is 8.31. The number of aromatic nitrogens is 4. The van der Waals surface area contributed by atoms with Crippen molar-refractivity contribution in [3.63, 3.8) is 0 Å². The molecule has 0 fully saturated rings. The molecule has 0 saturated carbocycles. The highest BCUT2D eigenvalue weighted by atomic mass is 16.5. The first-order chi connectivity index (χ1) is 15.0. The van der Waals surface area contributed by atoms with Crippen LogP contribution in [0.1, 0.15) is 5.56 Å². The summed E-state index contributed by atoms with van der Waals surface area (Å²) >= 11 is 0. The van der Waals surface area contributed by atoms with Crippen molar-refractivity contribution in [2.75, 3.05) is 19.5 Å². The van der Waals surface area contributed by atoms with E-state index in [4.69, 9.17) is 9.47 Å². The number of aryl methyl sites for hydroxylation is 1. The number of fused-ring (bicyclic) bond motifs is 1. The van der Waals surface area contributed by atoms with Gasteiger partial charge < -0.3 is 14.8 Å². The Morgan fingerprint density at radius 2 is 1.84 bits per heavy atom. The number of nitrogens with one attached hydrogen (secondary N) is 1. The Morgan fingerprint density at radius 1 is 1.06 bits per heavy atom. The molecule has 4 rings (SSSR count). The Bertz CT molecular complexity index is 1310. The summed E-state index contributed by atoms with van der Waals surface area (Å²) in [4.78, 5) is 25.4. The molecule has 0 radical (unpaired) electrons. The molecule has 31 heavy (non-hydrogen) atoms. The zero-order valence-electron chi connectivity index (χ0n) is 17.3. The molecule has 1 N–H and O–H groups in total. The van der Waals surface area contributed by atoms with Gasteiger partial charge in [0.1, 0.15) is 29.9 Å². The molecule has 2 aromatic heterocycles. The van der Waals surface area contributed by atoms with Crippen LogP contribution in [0.3, 0.4) is 0 Å². The van der Waals surface area contributed by atoms with Gasteiger partial charge in [0.25, 0.3) is 5.56 Å². The summed E-state index contributed by atoms with van der Waals surface area (Å²) in [6, 6.07) is 14.6. The molecule has 0 aliphatic heterocycles. The summed E-state index contributed by atoms with van der Waals surface area (Å²) in [6.45, 7) is 1.75. The van der Waals surface area contributed by atoms with Gasteiger partial charge in [0.15, 0.2) is 0 Å². The van der Waals surface area contributed by atoms with Crippen LogP contribution in [0.5, 0.6) is 11.5 Å². The minimum atomic E-state index is -0.416. The number of methoxy groups -OCH3 is 2. The van der Waals surface area contributed by atoms with Gasteiger partial charge >= 0.3 is 0 Å². The van der Waals surface area contributed by atoms with Gasteiger partial charge in [0, 0.05) is 11.6 Å². The molecule has 2 heterocycles. The van der Waals surface area contributed by atoms with Crippen molar-refractivity contribution in [3.8, 4) is 22.8 Å². The molecular weight excluding hydrogens is 398 g/mol. The van der Waals surface area contributed by atoms with Crippen molar-refractivity contribution in [2.45, 2.75) is 13.5 Å². The van der Waals surface area contributed by atoms with Gasteiger partial charge in [-0.3, -0.25) is 9.59 Å². The molecule has 0 spiro atoms. The van der Waals surface area contributed by atoms with E-state index in [1.54, 1.807) is 31.4 Å². The molecular formula is C22H21N5O4. The van der Waals surface area contributed by atoms with E-state index in [2.05, 4.69) is 15.5 Å². The van der Waals surface area contributed by atoms with E-state index in [-0.39, 0.29) is 6.54 Å². The summed E-state index contributed by atoms with van der Waals surface area (Å²) in [7, 11) is 3.04. The Hall–Kier alpha value is -4.14. The highest BCUT2D eigenvalue weighted by molar-refractivity contribution is 5.92. The molecule has 0 aliphatic carbocycles. The standard InChI is InChI=1S/C22H21N5O4/c1-14-4-6-15(7-5-14)18-11-19-22(29)26(23-13-27(19)25-18)12-21(28)24-17-9-8-16(30-2)10-20(17)31-3/h4-11,13H,12H2,1-3H3,(H,24,28). The van der Waals surface area contributed by atoms with Crippen LogP contribution in [0, 0.1) is 6.92 Å². The zero-order valence-corrected chi connectivity index (χ0v) is 17.3. The first-order valence-electron chi connectivity index (χ1n) is 9.53. The Balaban J connectivity index is 1.57. The van der Waals surface area contributed by atoms with E-state index in [0.29, 0.717) is 28.4 Å². The first-order valence-corrected chi connectivity index (χ1v) is 9.53. The van der Waals surface area contributed by atoms with Gasteiger partial charge in [-0.1, -0.05) is 29.8 Å². The van der Waals surface area contributed by atoms with Crippen molar-refractivity contribution < 1.29 is 14.3 Å². The topological polar surface area (TPSA) is 99.8 Å². The fraction of sp³-hybridized carbons (Fsp3) is 0.182. The lowest BCUT2D eigenvalue weighted by molar-refractivity contribution is -0.117. The number of carbonyl (C=O) groups excluding carboxylic acids is 1. The monoisotopic (exact) mass is 419 g/mol. The van der Waals surface area contributed by atoms with E-state index in [1.807, 2.05) is 31.2 Å². The number of rotatable bonds is 6. The molecule has 158 valence electrons. The molecule has 9 nitrogen and oxygen atoms in total. The quantitative estimate of drug-likeness (QED) is 0.516. The smallest absolute Gasteiger partial charge is 0.293 e. The minimum Gasteiger partial charge on any atom is -0.497 e. The lowest BCUT2D eigenvalue weighted by Crippen LogP contribution is -2.30. The minimum absolute atomic E-state index is 0.254. The van der Waals surface area contributed by atoms with Gasteiger partial charge in [-0.05, 0) is 25.1 Å². The van der Waals surface area contributed by atoms with Crippen LogP contribution in [0.25, 0.3) is 16.8 Å². The van der Waals surface area contributed by atoms with Crippen molar-refractivity contribution in [1.29, 1.82) is 0 Å². The fourth-order valence-electron chi connectivity index (χ4n) is 3.14. The SMILES string of the molecule is COc1ccc(NC(=O)Cn2ncn3nc(-c4ccc(C)cc4)cc3c2=O)c(OC)c1. The van der Waals surface area contributed by atoms with E-state index in [9.17, 15) is 9.59 Å². The molecule has 0 bridgehead atoms. The van der Waals surface area contributed by atoms with Crippen LogP contribution < -0.4 is 20.3 Å². The normalized spacial score (nSPS) is 10.8. The average molecular weight is 419 g/mol. The van der Waals surface area contributed by atoms with Crippen LogP contribution in [0.4, 0.5) is 5.69 Å². The van der Waals surface area contributed by atoms with E-state index < -0.39 is 11.5 Å². The lowest BCUT2D eigenvalue weighted by Gasteiger charge is -2.12. The van der Waals surface area contributed by atoms with Gasteiger partial charge in [0.05, 0.1) is 25.6 Å². The maximum absolute atomic E-state index is 12.8. The maximum atomic E-state index is 12.8. The molecule has 4 aromatic rings. The van der Waals surface area contributed by atoms with Gasteiger partial charge in [-0.15, -0.1) is 0 Å². The molecule has 0 unspecified atom stereocenters. The van der Waals surface area contributed by atoms with Crippen LogP contribution in [-0.4, -0.2) is 39.5 Å². The molecule has 0 saturated heterocycles. The predicted octanol–water partition coefficient (Wildman–Crippen LogP) is 2.52. The number of amides is 1. The van der Waals surface area contributed by atoms with Crippen molar-refractivity contribution in [2.24, 2.45) is 0 Å². The van der Waals surface area contributed by atoms with Crippen molar-refractivity contribution in [3.05, 3.63) is 70.8 Å². The third kappa shape index (κ3) is 4.11. The fourth-order valence-corrected chi connectivity index (χ4v) is 3.14. The number of nitrogens with zero attached hydrogens (tertiary/aromatic N) is 4. The van der Waals surface area contributed by atoms with Crippen molar-refractivity contribution in [1.82, 2.24) is 19.4 Å². The summed E-state index contributed by atoms with van der Waals surface area (Å²) in [5, 5.41) is 11.2. The molecule has 2 aromatic carbocycles. The van der Waals surface area contributed by atoms with Crippen LogP contribution in [0.2, 0.25) is 0 Å². The van der Waals surface area contributed by atoms with Crippen molar-refractivity contribution >= 4 is 17.1 Å². The highest BCUT2D eigenvalue weighted by Crippen LogP contribution is 2.29. The summed E-state index contributed by atoms with van der Waals surface area (Å²) in [5.41, 5.74) is 3.07. The lowest BCUT2D eigenvalue weighted by atomic mass is 10.1. The summed E-state index contributed by atoms with van der Waals surface area (Å²) < 4.78 is 12.9. The van der Waals surface area contributed by atoms with Gasteiger partial charge in [-0.25, -0.2) is 9.20 Å². The summed E-state index contributed by atoms with van der Waals surface area (Å²) in [5.74, 6) is 0.631. The second-order valence-electron chi connectivity index (χ2n) is 6.93. The second-order valence-corrected chi connectivity index (χ2v) is 6.93. The number of benzene rings is 2. The van der Waals surface area contributed by atoms with Crippen LogP contribution >= 0.6 is 0 Å². The first kappa shape index (κ1) is 20.1. The molecule has 9 heteroatoms. The number of anilines is 1. The van der Waals surface area contributed by atoms with Crippen LogP contribution in [-0.2, 0) is 11.3 Å². The average Bonchev–Trinajstić information content (AvgIpc) is 3.21. The Labute approximate surface area is 177 Å². The number of hydrogen-bond acceptors (Lipinski definition) is 6.